The first-order chi connectivity index (χ1) is 18.3. The van der Waals surface area contributed by atoms with Crippen LogP contribution in [0.2, 0.25) is 0 Å². The molecule has 0 aliphatic carbocycles. The Balaban J connectivity index is 0.000000781. The van der Waals surface area contributed by atoms with Gasteiger partial charge >= 0.3 is 11.9 Å². The van der Waals surface area contributed by atoms with Crippen LogP contribution in [0.4, 0.5) is 0 Å². The first-order valence-electron chi connectivity index (χ1n) is 13.2. The second-order valence-electron chi connectivity index (χ2n) is 9.02. The van der Waals surface area contributed by atoms with Crippen LogP contribution in [0.3, 0.4) is 0 Å². The third-order valence-corrected chi connectivity index (χ3v) is 5.79. The zero-order valence-electron chi connectivity index (χ0n) is 22.1. The molecular formula is C29H43NO8. The third-order valence-electron chi connectivity index (χ3n) is 5.79. The molecule has 0 aliphatic heterocycles. The molecule has 0 saturated heterocycles. The Morgan fingerprint density at radius 3 is 2.11 bits per heavy atom. The molecule has 0 aromatic heterocycles. The molecule has 0 aliphatic rings. The fraction of sp³-hybridized carbons (Fsp3) is 0.517. The van der Waals surface area contributed by atoms with Crippen molar-refractivity contribution in [1.29, 1.82) is 0 Å². The summed E-state index contributed by atoms with van der Waals surface area (Å²) in [6.45, 7) is 2.77. The number of hydrogen-bond acceptors (Lipinski definition) is 7. The second kappa shape index (κ2) is 21.0. The number of rotatable bonds is 19. The molecular weight excluding hydrogens is 490 g/mol. The van der Waals surface area contributed by atoms with Crippen molar-refractivity contribution < 1.29 is 39.9 Å². The molecule has 2 aromatic carbocycles. The number of ether oxygens (including phenoxy) is 1. The number of benzene rings is 2. The van der Waals surface area contributed by atoms with E-state index in [0.717, 1.165) is 58.3 Å². The van der Waals surface area contributed by atoms with E-state index in [1.165, 1.54) is 18.1 Å². The Morgan fingerprint density at radius 2 is 1.47 bits per heavy atom. The predicted octanol–water partition coefficient (Wildman–Crippen LogP) is 4.04. The normalized spacial score (nSPS) is 11.4. The van der Waals surface area contributed by atoms with Gasteiger partial charge in [0.25, 0.3) is 0 Å². The van der Waals surface area contributed by atoms with Crippen molar-refractivity contribution in [3.8, 4) is 5.75 Å². The van der Waals surface area contributed by atoms with E-state index in [1.807, 2.05) is 0 Å². The third kappa shape index (κ3) is 16.7. The number of carboxylic acids is 2. The molecule has 1 unspecified atom stereocenters. The number of aliphatic carboxylic acids is 2. The van der Waals surface area contributed by atoms with Gasteiger partial charge in [-0.15, -0.1) is 0 Å². The molecule has 0 heterocycles. The molecule has 9 heteroatoms. The smallest absolute Gasteiger partial charge is 0.303 e. The van der Waals surface area contributed by atoms with Crippen LogP contribution in [-0.2, 0) is 27.4 Å². The number of phenols is 1. The fourth-order valence-corrected chi connectivity index (χ4v) is 3.60. The molecule has 0 saturated carbocycles. The van der Waals surface area contributed by atoms with Gasteiger partial charge in [-0.1, -0.05) is 49.2 Å². The van der Waals surface area contributed by atoms with Crippen LogP contribution in [0.1, 0.15) is 74.2 Å². The summed E-state index contributed by atoms with van der Waals surface area (Å²) < 4.78 is 5.72. The molecule has 1 atom stereocenters. The monoisotopic (exact) mass is 533 g/mol. The lowest BCUT2D eigenvalue weighted by Crippen LogP contribution is -2.22. The van der Waals surface area contributed by atoms with E-state index in [4.69, 9.17) is 14.9 Å². The number of carbonyl (C=O) groups is 2. The largest absolute Gasteiger partial charge is 0.508 e. The summed E-state index contributed by atoms with van der Waals surface area (Å²) in [6.07, 6.45) is 6.65. The van der Waals surface area contributed by atoms with E-state index in [0.29, 0.717) is 17.7 Å². The minimum Gasteiger partial charge on any atom is -0.508 e. The highest BCUT2D eigenvalue weighted by atomic mass is 16.5. The molecule has 6 N–H and O–H groups in total. The number of nitrogens with one attached hydrogen (secondary N) is 1. The van der Waals surface area contributed by atoms with Gasteiger partial charge in [-0.05, 0) is 61.9 Å². The summed E-state index contributed by atoms with van der Waals surface area (Å²) >= 11 is 0. The van der Waals surface area contributed by atoms with Gasteiger partial charge in [-0.3, -0.25) is 9.59 Å². The van der Waals surface area contributed by atoms with Crippen molar-refractivity contribution in [3.63, 3.8) is 0 Å². The lowest BCUT2D eigenvalue weighted by Gasteiger charge is -2.14. The molecule has 9 nitrogen and oxygen atoms in total. The van der Waals surface area contributed by atoms with Gasteiger partial charge in [0.1, 0.15) is 5.75 Å². The van der Waals surface area contributed by atoms with Crippen LogP contribution >= 0.6 is 0 Å². The summed E-state index contributed by atoms with van der Waals surface area (Å²) in [5.41, 5.74) is 2.53. The van der Waals surface area contributed by atoms with Gasteiger partial charge in [0.2, 0.25) is 0 Å². The van der Waals surface area contributed by atoms with Crippen LogP contribution in [-0.4, -0.2) is 63.8 Å². The Labute approximate surface area is 225 Å². The van der Waals surface area contributed by atoms with Gasteiger partial charge in [0.15, 0.2) is 0 Å². The fourth-order valence-electron chi connectivity index (χ4n) is 3.60. The average Bonchev–Trinajstić information content (AvgIpc) is 2.91. The van der Waals surface area contributed by atoms with Gasteiger partial charge in [-0.25, -0.2) is 0 Å². The van der Waals surface area contributed by atoms with Crippen molar-refractivity contribution in [3.05, 3.63) is 65.2 Å². The van der Waals surface area contributed by atoms with Crippen molar-refractivity contribution in [1.82, 2.24) is 5.32 Å². The zero-order valence-corrected chi connectivity index (χ0v) is 22.1. The Kier molecular flexibility index (Phi) is 18.3. The van der Waals surface area contributed by atoms with Crippen LogP contribution in [0.15, 0.2) is 48.5 Å². The summed E-state index contributed by atoms with van der Waals surface area (Å²) in [5, 5.41) is 48.1. The molecule has 0 amide bonds. The van der Waals surface area contributed by atoms with Crippen LogP contribution < -0.4 is 5.32 Å². The highest BCUT2D eigenvalue weighted by Crippen LogP contribution is 2.22. The quantitative estimate of drug-likeness (QED) is 0.147. The van der Waals surface area contributed by atoms with Crippen LogP contribution in [0.25, 0.3) is 0 Å². The van der Waals surface area contributed by atoms with Gasteiger partial charge in [-0.2, -0.15) is 0 Å². The Bertz CT molecular complexity index is 893. The zero-order chi connectivity index (χ0) is 28.0. The van der Waals surface area contributed by atoms with E-state index in [1.54, 1.807) is 12.1 Å². The topological polar surface area (TPSA) is 157 Å². The van der Waals surface area contributed by atoms with E-state index in [-0.39, 0.29) is 25.2 Å². The maximum atomic E-state index is 10.2. The summed E-state index contributed by atoms with van der Waals surface area (Å²) in [5.74, 6) is -2.10. The van der Waals surface area contributed by atoms with Crippen molar-refractivity contribution >= 4 is 11.9 Å². The van der Waals surface area contributed by atoms with Crippen LogP contribution in [0.5, 0.6) is 5.75 Å². The number of aryl methyl sites for hydroxylation is 1. The van der Waals surface area contributed by atoms with Crippen molar-refractivity contribution in [2.45, 2.75) is 70.5 Å². The summed E-state index contributed by atoms with van der Waals surface area (Å²) in [7, 11) is 0. The standard InChI is InChI=1S/C25H37NO4.C4H6O4/c27-20-23-18-22(13-14-24(23)28)25(29)19-26-15-7-1-2-8-16-30-17-9-6-12-21-10-4-3-5-11-21;5-3(6)1-2-4(7)8/h3-5,10-11,13-14,18,25-29H,1-2,6-9,12,15-17,19-20H2;1-2H2,(H,5,6)(H,7,8). The SMILES string of the molecule is O=C(O)CCC(=O)O.OCc1cc(C(O)CNCCCCCCOCCCCc2ccccc2)ccc1O. The number of hydrogen-bond donors (Lipinski definition) is 6. The van der Waals surface area contributed by atoms with Crippen molar-refractivity contribution in [2.24, 2.45) is 0 Å². The van der Waals surface area contributed by atoms with Gasteiger partial charge in [0, 0.05) is 25.3 Å². The summed E-state index contributed by atoms with van der Waals surface area (Å²) in [6, 6.07) is 15.4. The predicted molar refractivity (Wildman–Crippen MR) is 145 cm³/mol. The number of aromatic hydroxyl groups is 1. The molecule has 0 radical (unpaired) electrons. The lowest BCUT2D eigenvalue weighted by atomic mass is 10.1. The first kappa shape index (κ1) is 33.0. The maximum absolute atomic E-state index is 10.2. The van der Waals surface area contributed by atoms with Gasteiger partial charge in [0.05, 0.1) is 25.6 Å². The molecule has 0 spiro atoms. The number of aliphatic hydroxyl groups excluding tert-OH is 2. The molecule has 2 aromatic rings. The molecule has 0 fully saturated rings. The maximum Gasteiger partial charge on any atom is 0.303 e. The highest BCUT2D eigenvalue weighted by Gasteiger charge is 2.09. The number of aliphatic hydroxyl groups is 2. The molecule has 2 rings (SSSR count). The van der Waals surface area contributed by atoms with Crippen LogP contribution in [0, 0.1) is 0 Å². The first-order valence-corrected chi connectivity index (χ1v) is 13.2. The molecule has 0 bridgehead atoms. The number of unbranched alkanes of at least 4 members (excludes halogenated alkanes) is 4. The van der Waals surface area contributed by atoms with Crippen molar-refractivity contribution in [2.75, 3.05) is 26.3 Å². The van der Waals surface area contributed by atoms with E-state index < -0.39 is 18.0 Å². The molecule has 212 valence electrons. The minimum atomic E-state index is -1.08. The average molecular weight is 534 g/mol. The van der Waals surface area contributed by atoms with E-state index in [9.17, 15) is 24.9 Å². The lowest BCUT2D eigenvalue weighted by molar-refractivity contribution is -0.143. The highest BCUT2D eigenvalue weighted by molar-refractivity contribution is 5.75. The van der Waals surface area contributed by atoms with Gasteiger partial charge < -0.3 is 35.6 Å². The Hall–Kier alpha value is -2.98. The Morgan fingerprint density at radius 1 is 0.842 bits per heavy atom. The minimum absolute atomic E-state index is 0.0533. The summed E-state index contributed by atoms with van der Waals surface area (Å²) in [4.78, 5) is 19.3. The number of carboxylic acid groups (broad SMARTS) is 2. The second-order valence-corrected chi connectivity index (χ2v) is 9.02. The van der Waals surface area contributed by atoms with E-state index >= 15 is 0 Å². The van der Waals surface area contributed by atoms with E-state index in [2.05, 4.69) is 35.6 Å². The molecule has 38 heavy (non-hydrogen) atoms.